The summed E-state index contributed by atoms with van der Waals surface area (Å²) in [6, 6.07) is 8.20. The fourth-order valence-electron chi connectivity index (χ4n) is 2.71. The van der Waals surface area contributed by atoms with Crippen LogP contribution in [0.4, 0.5) is 0 Å². The van der Waals surface area contributed by atoms with Gasteiger partial charge < -0.3 is 15.0 Å². The highest BCUT2D eigenvalue weighted by Gasteiger charge is 2.26. The molecule has 1 heterocycles. The minimum atomic E-state index is 0. The maximum absolute atomic E-state index is 12.1. The maximum Gasteiger partial charge on any atom is 0.222 e. The molecule has 0 bridgehead atoms. The van der Waals surface area contributed by atoms with Crippen molar-refractivity contribution in [1.29, 1.82) is 0 Å². The summed E-state index contributed by atoms with van der Waals surface area (Å²) in [5.41, 5.74) is 1.30. The third-order valence-corrected chi connectivity index (χ3v) is 3.95. The van der Waals surface area contributed by atoms with Gasteiger partial charge >= 0.3 is 0 Å². The molecule has 21 heavy (non-hydrogen) atoms. The average Bonchev–Trinajstić information content (AvgIpc) is 2.97. The van der Waals surface area contributed by atoms with Gasteiger partial charge in [0.15, 0.2) is 0 Å². The number of ether oxygens (including phenoxy) is 1. The number of halogens is 1. The normalized spacial score (nSPS) is 17.4. The number of amides is 1. The van der Waals surface area contributed by atoms with Gasteiger partial charge in [-0.15, -0.1) is 12.4 Å². The highest BCUT2D eigenvalue weighted by Crippen LogP contribution is 2.28. The molecule has 1 N–H and O–H groups in total. The summed E-state index contributed by atoms with van der Waals surface area (Å²) in [4.78, 5) is 14.1. The van der Waals surface area contributed by atoms with E-state index < -0.39 is 0 Å². The summed E-state index contributed by atoms with van der Waals surface area (Å²) in [5, 5.41) is 3.08. The van der Waals surface area contributed by atoms with Gasteiger partial charge in [-0.25, -0.2) is 0 Å². The first kappa shape index (κ1) is 17.8. The Balaban J connectivity index is 0.00000220. The summed E-state index contributed by atoms with van der Waals surface area (Å²) in [6.45, 7) is 2.64. The molecule has 1 aromatic carbocycles. The van der Waals surface area contributed by atoms with Gasteiger partial charge in [-0.3, -0.25) is 4.79 Å². The third kappa shape index (κ3) is 4.90. The second-order valence-corrected chi connectivity index (χ2v) is 5.31. The van der Waals surface area contributed by atoms with Crippen LogP contribution in [0.3, 0.4) is 0 Å². The Bertz CT molecular complexity index is 436. The fraction of sp³-hybridized carbons (Fsp3) is 0.562. The summed E-state index contributed by atoms with van der Waals surface area (Å²) in [5.74, 6) is 1.64. The van der Waals surface area contributed by atoms with Crippen LogP contribution in [0.1, 0.15) is 30.7 Å². The Morgan fingerprint density at radius 3 is 2.71 bits per heavy atom. The van der Waals surface area contributed by atoms with Gasteiger partial charge in [-0.1, -0.05) is 12.1 Å². The van der Waals surface area contributed by atoms with Crippen LogP contribution in [0.5, 0.6) is 5.75 Å². The zero-order valence-corrected chi connectivity index (χ0v) is 13.6. The number of carbonyl (C=O) groups is 1. The molecular weight excluding hydrogens is 288 g/mol. The molecule has 118 valence electrons. The smallest absolute Gasteiger partial charge is 0.222 e. The topological polar surface area (TPSA) is 41.6 Å². The molecule has 5 heteroatoms. The lowest BCUT2D eigenvalue weighted by Gasteiger charge is -2.17. The fourth-order valence-corrected chi connectivity index (χ4v) is 2.71. The van der Waals surface area contributed by atoms with Gasteiger partial charge in [-0.2, -0.15) is 0 Å². The Morgan fingerprint density at radius 2 is 2.10 bits per heavy atom. The Morgan fingerprint density at radius 1 is 1.38 bits per heavy atom. The van der Waals surface area contributed by atoms with E-state index in [4.69, 9.17) is 4.74 Å². The molecule has 4 nitrogen and oxygen atoms in total. The van der Waals surface area contributed by atoms with Crippen molar-refractivity contribution < 1.29 is 9.53 Å². The molecule has 1 aliphatic rings. The van der Waals surface area contributed by atoms with Crippen molar-refractivity contribution in [2.45, 2.75) is 25.2 Å². The number of benzene rings is 1. The molecule has 0 aliphatic carbocycles. The zero-order chi connectivity index (χ0) is 14.4. The summed E-state index contributed by atoms with van der Waals surface area (Å²) < 4.78 is 5.18. The monoisotopic (exact) mass is 312 g/mol. The zero-order valence-electron chi connectivity index (χ0n) is 12.8. The first-order valence-corrected chi connectivity index (χ1v) is 7.31. The number of rotatable bonds is 6. The number of hydrogen-bond acceptors (Lipinski definition) is 3. The molecule has 0 radical (unpaired) electrons. The highest BCUT2D eigenvalue weighted by molar-refractivity contribution is 5.85. The van der Waals surface area contributed by atoms with Crippen LogP contribution in [-0.2, 0) is 4.79 Å². The first-order chi connectivity index (χ1) is 9.74. The van der Waals surface area contributed by atoms with Crippen molar-refractivity contribution in [2.75, 3.05) is 33.8 Å². The lowest BCUT2D eigenvalue weighted by atomic mass is 9.98. The Hall–Kier alpha value is -1.26. The second kappa shape index (κ2) is 8.90. The van der Waals surface area contributed by atoms with Gasteiger partial charge in [0, 0.05) is 25.4 Å². The van der Waals surface area contributed by atoms with Crippen molar-refractivity contribution >= 4 is 18.3 Å². The van der Waals surface area contributed by atoms with E-state index >= 15 is 0 Å². The van der Waals surface area contributed by atoms with Crippen molar-refractivity contribution in [3.63, 3.8) is 0 Å². The van der Waals surface area contributed by atoms with Gasteiger partial charge in [0.2, 0.25) is 5.91 Å². The minimum Gasteiger partial charge on any atom is -0.497 e. The lowest BCUT2D eigenvalue weighted by molar-refractivity contribution is -0.130. The van der Waals surface area contributed by atoms with Crippen LogP contribution in [0.25, 0.3) is 0 Å². The molecule has 1 aromatic rings. The predicted octanol–water partition coefficient (Wildman–Crippen LogP) is 2.43. The Kier molecular flexibility index (Phi) is 7.54. The van der Waals surface area contributed by atoms with Crippen LogP contribution >= 0.6 is 12.4 Å². The van der Waals surface area contributed by atoms with Gasteiger partial charge in [-0.05, 0) is 44.1 Å². The van der Waals surface area contributed by atoms with Crippen LogP contribution in [0, 0.1) is 0 Å². The van der Waals surface area contributed by atoms with Crippen molar-refractivity contribution in [1.82, 2.24) is 10.2 Å². The van der Waals surface area contributed by atoms with E-state index in [-0.39, 0.29) is 18.3 Å². The molecule has 1 aliphatic heterocycles. The Labute approximate surface area is 133 Å². The number of likely N-dealkylation sites (tertiary alicyclic amines) is 1. The minimum absolute atomic E-state index is 0. The number of hydrogen-bond donors (Lipinski definition) is 1. The highest BCUT2D eigenvalue weighted by atomic mass is 35.5. The molecule has 1 amide bonds. The van der Waals surface area contributed by atoms with Gasteiger partial charge in [0.05, 0.1) is 7.11 Å². The molecule has 1 unspecified atom stereocenters. The lowest BCUT2D eigenvalue weighted by Crippen LogP contribution is -2.28. The first-order valence-electron chi connectivity index (χ1n) is 7.31. The van der Waals surface area contributed by atoms with Crippen LogP contribution < -0.4 is 10.1 Å². The quantitative estimate of drug-likeness (QED) is 0.820. The second-order valence-electron chi connectivity index (χ2n) is 5.31. The van der Waals surface area contributed by atoms with E-state index in [1.54, 1.807) is 7.11 Å². The largest absolute Gasteiger partial charge is 0.497 e. The van der Waals surface area contributed by atoms with E-state index in [0.717, 1.165) is 38.2 Å². The van der Waals surface area contributed by atoms with E-state index in [9.17, 15) is 4.79 Å². The predicted molar refractivity (Wildman–Crippen MR) is 87.3 cm³/mol. The standard InChI is InChI=1S/C16H24N2O2.ClH/c1-17-10-3-4-16(19)18-11-9-14(12-18)13-5-7-15(20-2)8-6-13;/h5-8,14,17H,3-4,9-12H2,1-2H3;1H. The van der Waals surface area contributed by atoms with Crippen molar-refractivity contribution in [3.05, 3.63) is 29.8 Å². The van der Waals surface area contributed by atoms with Crippen LogP contribution in [0.15, 0.2) is 24.3 Å². The van der Waals surface area contributed by atoms with E-state index in [1.807, 2.05) is 24.1 Å². The third-order valence-electron chi connectivity index (χ3n) is 3.95. The molecule has 1 saturated heterocycles. The van der Waals surface area contributed by atoms with E-state index in [0.29, 0.717) is 12.3 Å². The molecular formula is C16H25ClN2O2. The van der Waals surface area contributed by atoms with E-state index in [2.05, 4.69) is 17.4 Å². The van der Waals surface area contributed by atoms with Gasteiger partial charge in [0.1, 0.15) is 5.75 Å². The molecule has 0 saturated carbocycles. The molecule has 1 atom stereocenters. The summed E-state index contributed by atoms with van der Waals surface area (Å²) >= 11 is 0. The molecule has 1 fully saturated rings. The SMILES string of the molecule is CNCCCC(=O)N1CCC(c2ccc(OC)cc2)C1.Cl. The maximum atomic E-state index is 12.1. The van der Waals surface area contributed by atoms with Gasteiger partial charge in [0.25, 0.3) is 0 Å². The van der Waals surface area contributed by atoms with Crippen LogP contribution in [0.2, 0.25) is 0 Å². The van der Waals surface area contributed by atoms with Crippen molar-refractivity contribution in [3.8, 4) is 5.75 Å². The number of methoxy groups -OCH3 is 1. The number of nitrogens with zero attached hydrogens (tertiary/aromatic N) is 1. The van der Waals surface area contributed by atoms with Crippen LogP contribution in [-0.4, -0.2) is 44.6 Å². The molecule has 0 spiro atoms. The molecule has 2 rings (SSSR count). The van der Waals surface area contributed by atoms with Crippen molar-refractivity contribution in [2.24, 2.45) is 0 Å². The summed E-state index contributed by atoms with van der Waals surface area (Å²) in [7, 11) is 3.59. The summed E-state index contributed by atoms with van der Waals surface area (Å²) in [6.07, 6.45) is 2.62. The van der Waals surface area contributed by atoms with E-state index in [1.165, 1.54) is 5.56 Å². The molecule has 0 aromatic heterocycles. The average molecular weight is 313 g/mol. The number of nitrogens with one attached hydrogen (secondary N) is 1. The number of carbonyl (C=O) groups excluding carboxylic acids is 1.